The molecule has 0 amide bonds. The molecule has 110 valence electrons. The first-order valence-corrected chi connectivity index (χ1v) is 6.78. The number of anilines is 1. The number of nitrogens with zero attached hydrogens (tertiary/aromatic N) is 2. The Labute approximate surface area is 125 Å². The van der Waals surface area contributed by atoms with Gasteiger partial charge in [0.25, 0.3) is 0 Å². The molecule has 2 aromatic rings. The molecule has 0 atom stereocenters. The van der Waals surface area contributed by atoms with E-state index in [1.165, 1.54) is 0 Å². The molecule has 5 heteroatoms. The smallest absolute Gasteiger partial charge is 0.192 e. The lowest BCUT2D eigenvalue weighted by atomic mass is 10.1. The second-order valence-electron chi connectivity index (χ2n) is 5.89. The SMILES string of the molecule is CC(C)(C)Nc1ccc(-c2ccc(N=C(N)N)nc2)cc1. The fourth-order valence-corrected chi connectivity index (χ4v) is 1.93. The van der Waals surface area contributed by atoms with Gasteiger partial charge in [0.05, 0.1) is 0 Å². The van der Waals surface area contributed by atoms with Crippen molar-refractivity contribution in [2.75, 3.05) is 5.32 Å². The van der Waals surface area contributed by atoms with E-state index in [2.05, 4.69) is 60.3 Å². The van der Waals surface area contributed by atoms with Crippen LogP contribution in [-0.4, -0.2) is 16.5 Å². The number of nitrogens with two attached hydrogens (primary N) is 2. The van der Waals surface area contributed by atoms with Crippen LogP contribution in [0.5, 0.6) is 0 Å². The Morgan fingerprint density at radius 3 is 2.10 bits per heavy atom. The van der Waals surface area contributed by atoms with E-state index in [1.807, 2.05) is 6.07 Å². The van der Waals surface area contributed by atoms with Crippen molar-refractivity contribution in [2.24, 2.45) is 16.5 Å². The van der Waals surface area contributed by atoms with Crippen LogP contribution in [0.2, 0.25) is 0 Å². The molecule has 0 aliphatic heterocycles. The fraction of sp³-hybridized carbons (Fsp3) is 0.250. The van der Waals surface area contributed by atoms with Crippen LogP contribution < -0.4 is 16.8 Å². The lowest BCUT2D eigenvalue weighted by Gasteiger charge is -2.22. The molecule has 1 heterocycles. The van der Waals surface area contributed by atoms with E-state index in [1.54, 1.807) is 12.3 Å². The standard InChI is InChI=1S/C16H21N5/c1-16(2,3)21-13-7-4-11(5-8-13)12-6-9-14(19-10-12)20-15(17)18/h4-10,21H,1-3H3,(H4,17,18,19,20). The second kappa shape index (κ2) is 5.83. The first-order chi connectivity index (χ1) is 9.83. The Kier molecular flexibility index (Phi) is 4.12. The molecule has 1 aromatic carbocycles. The van der Waals surface area contributed by atoms with Crippen LogP contribution in [0.4, 0.5) is 11.5 Å². The van der Waals surface area contributed by atoms with E-state index < -0.39 is 0 Å². The van der Waals surface area contributed by atoms with Crippen molar-refractivity contribution in [1.82, 2.24) is 4.98 Å². The maximum absolute atomic E-state index is 5.32. The summed E-state index contributed by atoms with van der Waals surface area (Å²) in [5.74, 6) is 0.512. The van der Waals surface area contributed by atoms with Gasteiger partial charge in [-0.1, -0.05) is 12.1 Å². The summed E-state index contributed by atoms with van der Waals surface area (Å²) in [5, 5.41) is 3.43. The fourth-order valence-electron chi connectivity index (χ4n) is 1.93. The van der Waals surface area contributed by atoms with E-state index in [9.17, 15) is 0 Å². The Morgan fingerprint density at radius 2 is 1.62 bits per heavy atom. The van der Waals surface area contributed by atoms with Gasteiger partial charge in [0.15, 0.2) is 11.8 Å². The molecule has 0 saturated carbocycles. The quantitative estimate of drug-likeness (QED) is 0.597. The molecule has 0 fully saturated rings. The van der Waals surface area contributed by atoms with E-state index in [-0.39, 0.29) is 11.5 Å². The van der Waals surface area contributed by atoms with Crippen molar-refractivity contribution in [3.63, 3.8) is 0 Å². The Bertz CT molecular complexity index is 617. The van der Waals surface area contributed by atoms with Crippen molar-refractivity contribution in [3.8, 4) is 11.1 Å². The summed E-state index contributed by atoms with van der Waals surface area (Å²) in [5.41, 5.74) is 13.9. The maximum Gasteiger partial charge on any atom is 0.192 e. The molecule has 0 spiro atoms. The van der Waals surface area contributed by atoms with Gasteiger partial charge in [-0.25, -0.2) is 4.98 Å². The summed E-state index contributed by atoms with van der Waals surface area (Å²) < 4.78 is 0. The summed E-state index contributed by atoms with van der Waals surface area (Å²) in [6.45, 7) is 6.40. The molecule has 0 aliphatic rings. The Morgan fingerprint density at radius 1 is 1.00 bits per heavy atom. The first kappa shape index (κ1) is 14.8. The predicted octanol–water partition coefficient (Wildman–Crippen LogP) is 2.86. The Hall–Kier alpha value is -2.56. The monoisotopic (exact) mass is 283 g/mol. The van der Waals surface area contributed by atoms with Gasteiger partial charge in [0.2, 0.25) is 0 Å². The normalized spacial score (nSPS) is 11.0. The summed E-state index contributed by atoms with van der Waals surface area (Å²) in [4.78, 5) is 8.11. The minimum atomic E-state index is 0.00728. The van der Waals surface area contributed by atoms with Gasteiger partial charge in [0.1, 0.15) is 0 Å². The molecular formula is C16H21N5. The minimum absolute atomic E-state index is 0.00728. The second-order valence-corrected chi connectivity index (χ2v) is 5.89. The van der Waals surface area contributed by atoms with E-state index in [0.29, 0.717) is 5.82 Å². The van der Waals surface area contributed by atoms with Gasteiger partial charge in [0, 0.05) is 23.0 Å². The lowest BCUT2D eigenvalue weighted by Crippen LogP contribution is -2.25. The number of hydrogen-bond acceptors (Lipinski definition) is 3. The zero-order valence-corrected chi connectivity index (χ0v) is 12.6. The predicted molar refractivity (Wildman–Crippen MR) is 88.5 cm³/mol. The highest BCUT2D eigenvalue weighted by atomic mass is 15.0. The molecule has 5 nitrogen and oxygen atoms in total. The van der Waals surface area contributed by atoms with E-state index >= 15 is 0 Å². The summed E-state index contributed by atoms with van der Waals surface area (Å²) in [6, 6.07) is 12.0. The van der Waals surface area contributed by atoms with Crippen LogP contribution in [0.15, 0.2) is 47.6 Å². The third kappa shape index (κ3) is 4.49. The molecule has 0 aliphatic carbocycles. The molecule has 21 heavy (non-hydrogen) atoms. The summed E-state index contributed by atoms with van der Waals surface area (Å²) >= 11 is 0. The molecular weight excluding hydrogens is 262 g/mol. The highest BCUT2D eigenvalue weighted by molar-refractivity contribution is 5.78. The number of guanidine groups is 1. The van der Waals surface area contributed by atoms with Gasteiger partial charge >= 0.3 is 0 Å². The number of pyridine rings is 1. The highest BCUT2D eigenvalue weighted by Crippen LogP contribution is 2.23. The largest absolute Gasteiger partial charge is 0.380 e. The van der Waals surface area contributed by atoms with Crippen molar-refractivity contribution in [1.29, 1.82) is 0 Å². The molecule has 0 unspecified atom stereocenters. The highest BCUT2D eigenvalue weighted by Gasteiger charge is 2.09. The van der Waals surface area contributed by atoms with E-state index in [0.717, 1.165) is 16.8 Å². The maximum atomic E-state index is 5.32. The summed E-state index contributed by atoms with van der Waals surface area (Å²) in [7, 11) is 0. The molecule has 0 radical (unpaired) electrons. The average Bonchev–Trinajstić information content (AvgIpc) is 2.38. The molecule has 2 rings (SSSR count). The lowest BCUT2D eigenvalue weighted by molar-refractivity contribution is 0.634. The van der Waals surface area contributed by atoms with Crippen molar-refractivity contribution < 1.29 is 0 Å². The zero-order chi connectivity index (χ0) is 15.5. The number of rotatable bonds is 3. The number of hydrogen-bond donors (Lipinski definition) is 3. The topological polar surface area (TPSA) is 89.3 Å². The minimum Gasteiger partial charge on any atom is -0.380 e. The van der Waals surface area contributed by atoms with Crippen molar-refractivity contribution in [2.45, 2.75) is 26.3 Å². The van der Waals surface area contributed by atoms with Crippen LogP contribution >= 0.6 is 0 Å². The molecule has 0 saturated heterocycles. The van der Waals surface area contributed by atoms with Gasteiger partial charge < -0.3 is 16.8 Å². The van der Waals surface area contributed by atoms with Gasteiger partial charge in [-0.15, -0.1) is 0 Å². The van der Waals surface area contributed by atoms with Crippen LogP contribution in [0.25, 0.3) is 11.1 Å². The number of aliphatic imine (C=N–C) groups is 1. The van der Waals surface area contributed by atoms with Crippen molar-refractivity contribution in [3.05, 3.63) is 42.6 Å². The number of nitrogens with one attached hydrogen (secondary N) is 1. The van der Waals surface area contributed by atoms with Gasteiger partial charge in [-0.2, -0.15) is 4.99 Å². The van der Waals surface area contributed by atoms with Crippen LogP contribution in [-0.2, 0) is 0 Å². The average molecular weight is 283 g/mol. The van der Waals surface area contributed by atoms with Gasteiger partial charge in [-0.3, -0.25) is 0 Å². The molecule has 5 N–H and O–H groups in total. The third-order valence-electron chi connectivity index (χ3n) is 2.73. The molecule has 0 bridgehead atoms. The number of aromatic nitrogens is 1. The Balaban J connectivity index is 2.17. The third-order valence-corrected chi connectivity index (χ3v) is 2.73. The first-order valence-electron chi connectivity index (χ1n) is 6.78. The zero-order valence-electron chi connectivity index (χ0n) is 12.6. The van der Waals surface area contributed by atoms with Crippen LogP contribution in [0.1, 0.15) is 20.8 Å². The number of benzene rings is 1. The summed E-state index contributed by atoms with van der Waals surface area (Å²) in [6.07, 6.45) is 1.76. The van der Waals surface area contributed by atoms with Crippen LogP contribution in [0, 0.1) is 0 Å². The van der Waals surface area contributed by atoms with Crippen molar-refractivity contribution >= 4 is 17.5 Å². The van der Waals surface area contributed by atoms with E-state index in [4.69, 9.17) is 11.5 Å². The van der Waals surface area contributed by atoms with Gasteiger partial charge in [-0.05, 0) is 50.6 Å². The van der Waals surface area contributed by atoms with Crippen LogP contribution in [0.3, 0.4) is 0 Å². The molecule has 1 aromatic heterocycles.